The van der Waals surface area contributed by atoms with Crippen LogP contribution in [0.25, 0.3) is 0 Å². The lowest BCUT2D eigenvalue weighted by Crippen LogP contribution is -2.32. The third-order valence-corrected chi connectivity index (χ3v) is 3.40. The van der Waals surface area contributed by atoms with Gasteiger partial charge in [0.15, 0.2) is 11.6 Å². The van der Waals surface area contributed by atoms with Crippen molar-refractivity contribution in [1.82, 2.24) is 14.9 Å². The first-order chi connectivity index (χ1) is 10.1. The molecule has 0 saturated heterocycles. The molecule has 2 N–H and O–H groups in total. The smallest absolute Gasteiger partial charge is 0.338 e. The van der Waals surface area contributed by atoms with E-state index in [0.29, 0.717) is 19.0 Å². The SMILES string of the molecule is CCCCCNC(=O)Nc1nc(=O)n(CC2CC2)cc1F. The number of amides is 2. The molecule has 1 heterocycles. The zero-order chi connectivity index (χ0) is 15.2. The van der Waals surface area contributed by atoms with Crippen LogP contribution in [0.2, 0.25) is 0 Å². The van der Waals surface area contributed by atoms with Crippen LogP contribution >= 0.6 is 0 Å². The van der Waals surface area contributed by atoms with Crippen molar-refractivity contribution in [2.24, 2.45) is 5.92 Å². The average Bonchev–Trinajstić information content (AvgIpc) is 3.24. The Morgan fingerprint density at radius 1 is 1.48 bits per heavy atom. The van der Waals surface area contributed by atoms with Crippen molar-refractivity contribution in [1.29, 1.82) is 0 Å². The van der Waals surface area contributed by atoms with Crippen LogP contribution in [0.5, 0.6) is 0 Å². The highest BCUT2D eigenvalue weighted by Gasteiger charge is 2.23. The molecule has 1 aromatic rings. The van der Waals surface area contributed by atoms with Gasteiger partial charge in [0, 0.05) is 19.3 Å². The number of carbonyl (C=O) groups excluding carboxylic acids is 1. The van der Waals surface area contributed by atoms with E-state index in [1.807, 2.05) is 0 Å². The third kappa shape index (κ3) is 4.84. The van der Waals surface area contributed by atoms with Crippen molar-refractivity contribution in [3.05, 3.63) is 22.5 Å². The second-order valence-corrected chi connectivity index (χ2v) is 5.40. The molecule has 0 aliphatic heterocycles. The summed E-state index contributed by atoms with van der Waals surface area (Å²) in [5.41, 5.74) is -0.537. The number of carbonyl (C=O) groups is 1. The van der Waals surface area contributed by atoms with Crippen LogP contribution in [0, 0.1) is 11.7 Å². The fourth-order valence-corrected chi connectivity index (χ4v) is 1.99. The van der Waals surface area contributed by atoms with Gasteiger partial charge in [-0.2, -0.15) is 4.98 Å². The Morgan fingerprint density at radius 2 is 2.24 bits per heavy atom. The minimum absolute atomic E-state index is 0.319. The highest BCUT2D eigenvalue weighted by atomic mass is 19.1. The Kier molecular flexibility index (Phi) is 5.30. The van der Waals surface area contributed by atoms with Gasteiger partial charge in [0.25, 0.3) is 0 Å². The number of unbranched alkanes of at least 4 members (excludes halogenated alkanes) is 2. The Morgan fingerprint density at radius 3 is 2.90 bits per heavy atom. The van der Waals surface area contributed by atoms with Gasteiger partial charge in [0.05, 0.1) is 0 Å². The molecule has 0 radical (unpaired) electrons. The van der Waals surface area contributed by atoms with Gasteiger partial charge in [0.2, 0.25) is 0 Å². The molecule has 2 amide bonds. The summed E-state index contributed by atoms with van der Waals surface area (Å²) in [4.78, 5) is 26.9. The average molecular weight is 296 g/mol. The maximum absolute atomic E-state index is 13.8. The first-order valence-electron chi connectivity index (χ1n) is 7.42. The fourth-order valence-electron chi connectivity index (χ4n) is 1.99. The van der Waals surface area contributed by atoms with Crippen LogP contribution in [0.3, 0.4) is 0 Å². The number of anilines is 1. The Hall–Kier alpha value is -1.92. The molecule has 21 heavy (non-hydrogen) atoms. The number of aromatic nitrogens is 2. The molecule has 2 rings (SSSR count). The lowest BCUT2D eigenvalue weighted by Gasteiger charge is -2.09. The Balaban J connectivity index is 1.91. The third-order valence-electron chi connectivity index (χ3n) is 3.40. The number of nitrogens with zero attached hydrogens (tertiary/aromatic N) is 2. The number of hydrogen-bond donors (Lipinski definition) is 2. The Labute approximate surface area is 122 Å². The van der Waals surface area contributed by atoms with Crippen LogP contribution in [-0.4, -0.2) is 22.1 Å². The summed E-state index contributed by atoms with van der Waals surface area (Å²) < 4.78 is 15.1. The fraction of sp³-hybridized carbons (Fsp3) is 0.643. The van der Waals surface area contributed by atoms with E-state index >= 15 is 0 Å². The first kappa shape index (κ1) is 15.5. The molecule has 1 aliphatic carbocycles. The summed E-state index contributed by atoms with van der Waals surface area (Å²) in [7, 11) is 0. The number of urea groups is 1. The summed E-state index contributed by atoms with van der Waals surface area (Å²) in [5.74, 6) is -0.566. The zero-order valence-electron chi connectivity index (χ0n) is 12.2. The normalized spacial score (nSPS) is 14.0. The van der Waals surface area contributed by atoms with Crippen molar-refractivity contribution >= 4 is 11.8 Å². The second-order valence-electron chi connectivity index (χ2n) is 5.40. The van der Waals surface area contributed by atoms with Crippen molar-refractivity contribution in [2.45, 2.75) is 45.6 Å². The lowest BCUT2D eigenvalue weighted by atomic mass is 10.2. The maximum Gasteiger partial charge on any atom is 0.349 e. The van der Waals surface area contributed by atoms with E-state index < -0.39 is 17.5 Å². The molecular formula is C14H21FN4O2. The molecule has 7 heteroatoms. The first-order valence-corrected chi connectivity index (χ1v) is 7.42. The van der Waals surface area contributed by atoms with Crippen molar-refractivity contribution in [2.75, 3.05) is 11.9 Å². The van der Waals surface area contributed by atoms with Crippen LogP contribution in [-0.2, 0) is 6.54 Å². The molecule has 0 spiro atoms. The summed E-state index contributed by atoms with van der Waals surface area (Å²) >= 11 is 0. The molecule has 6 nitrogen and oxygen atoms in total. The number of hydrogen-bond acceptors (Lipinski definition) is 3. The second kappa shape index (κ2) is 7.19. The van der Waals surface area contributed by atoms with E-state index in [4.69, 9.17) is 0 Å². The Bertz CT molecular complexity index is 554. The van der Waals surface area contributed by atoms with Crippen molar-refractivity contribution < 1.29 is 9.18 Å². The topological polar surface area (TPSA) is 76.0 Å². The van der Waals surface area contributed by atoms with Crippen molar-refractivity contribution in [3.63, 3.8) is 0 Å². The van der Waals surface area contributed by atoms with Gasteiger partial charge in [0.1, 0.15) is 0 Å². The lowest BCUT2D eigenvalue weighted by molar-refractivity contribution is 0.251. The molecular weight excluding hydrogens is 275 g/mol. The van der Waals surface area contributed by atoms with Gasteiger partial charge in [-0.05, 0) is 25.2 Å². The van der Waals surface area contributed by atoms with E-state index in [9.17, 15) is 14.0 Å². The summed E-state index contributed by atoms with van der Waals surface area (Å²) in [6.45, 7) is 3.07. The number of rotatable bonds is 7. The van der Waals surface area contributed by atoms with Crippen molar-refractivity contribution in [3.8, 4) is 0 Å². The molecule has 1 fully saturated rings. The monoisotopic (exact) mass is 296 g/mol. The van der Waals surface area contributed by atoms with Gasteiger partial charge in [-0.25, -0.2) is 14.0 Å². The van der Waals surface area contributed by atoms with Crippen LogP contribution in [0.4, 0.5) is 15.0 Å². The minimum atomic E-state index is -0.695. The van der Waals surface area contributed by atoms with Gasteiger partial charge in [-0.15, -0.1) is 0 Å². The number of halogens is 1. The van der Waals surface area contributed by atoms with Gasteiger partial charge >= 0.3 is 11.7 Å². The standard InChI is InChI=1S/C14H21FN4O2/c1-2-3-4-7-16-13(20)17-12-11(15)9-19(14(21)18-12)8-10-5-6-10/h9-10H,2-8H2,1H3,(H2,16,17,18,20,21). The molecule has 0 atom stereocenters. The van der Waals surface area contributed by atoms with Gasteiger partial charge < -0.3 is 5.32 Å². The van der Waals surface area contributed by atoms with Crippen LogP contribution < -0.4 is 16.3 Å². The maximum atomic E-state index is 13.8. The molecule has 0 bridgehead atoms. The summed E-state index contributed by atoms with van der Waals surface area (Å²) in [5, 5.41) is 4.88. The number of nitrogens with one attached hydrogen (secondary N) is 2. The predicted octanol–water partition coefficient (Wildman–Crippen LogP) is 2.10. The highest BCUT2D eigenvalue weighted by molar-refractivity contribution is 5.88. The molecule has 0 aromatic carbocycles. The van der Waals surface area contributed by atoms with Gasteiger partial charge in [-0.3, -0.25) is 9.88 Å². The molecule has 1 aromatic heterocycles. The molecule has 116 valence electrons. The predicted molar refractivity (Wildman–Crippen MR) is 77.7 cm³/mol. The quantitative estimate of drug-likeness (QED) is 0.757. The van der Waals surface area contributed by atoms with E-state index in [1.165, 1.54) is 4.57 Å². The van der Waals surface area contributed by atoms with Crippen LogP contribution in [0.15, 0.2) is 11.0 Å². The van der Waals surface area contributed by atoms with E-state index in [-0.39, 0.29) is 5.82 Å². The van der Waals surface area contributed by atoms with E-state index in [0.717, 1.165) is 38.3 Å². The summed E-state index contributed by atoms with van der Waals surface area (Å²) in [6, 6.07) is -0.545. The minimum Gasteiger partial charge on any atom is -0.338 e. The van der Waals surface area contributed by atoms with E-state index in [1.54, 1.807) is 0 Å². The highest BCUT2D eigenvalue weighted by Crippen LogP contribution is 2.30. The molecule has 1 aliphatic rings. The van der Waals surface area contributed by atoms with Gasteiger partial charge in [-0.1, -0.05) is 19.8 Å². The largest absolute Gasteiger partial charge is 0.349 e. The molecule has 0 unspecified atom stereocenters. The summed E-state index contributed by atoms with van der Waals surface area (Å²) in [6.07, 6.45) is 6.18. The molecule has 1 saturated carbocycles. The van der Waals surface area contributed by atoms with E-state index in [2.05, 4.69) is 22.5 Å². The zero-order valence-corrected chi connectivity index (χ0v) is 12.2. The van der Waals surface area contributed by atoms with Crippen LogP contribution in [0.1, 0.15) is 39.0 Å².